The van der Waals surface area contributed by atoms with Gasteiger partial charge >= 0.3 is 5.97 Å². The Morgan fingerprint density at radius 1 is 1.10 bits per heavy atom. The highest BCUT2D eigenvalue weighted by Crippen LogP contribution is 2.30. The molecule has 0 saturated carbocycles. The topological polar surface area (TPSA) is 46.5 Å². The maximum absolute atomic E-state index is 13.5. The predicted molar refractivity (Wildman–Crippen MR) is 79.6 cm³/mol. The Hall–Kier alpha value is -2.04. The molecule has 6 heteroatoms. The summed E-state index contributed by atoms with van der Waals surface area (Å²) in [4.78, 5) is 10.5. The van der Waals surface area contributed by atoms with Gasteiger partial charge in [0.2, 0.25) is 0 Å². The first-order valence-electron chi connectivity index (χ1n) is 5.78. The molecular weight excluding hydrogens is 318 g/mol. The Morgan fingerprint density at radius 2 is 1.86 bits per heavy atom. The third kappa shape index (κ3) is 4.48. The van der Waals surface area contributed by atoms with Crippen molar-refractivity contribution in [3.05, 3.63) is 63.9 Å². The summed E-state index contributed by atoms with van der Waals surface area (Å²) < 4.78 is 19.0. The molecule has 2 aromatic rings. The van der Waals surface area contributed by atoms with Gasteiger partial charge in [-0.1, -0.05) is 23.2 Å². The number of carboxylic acids is 1. The monoisotopic (exact) mass is 326 g/mol. The molecule has 2 aromatic carbocycles. The average molecular weight is 327 g/mol. The van der Waals surface area contributed by atoms with Crippen molar-refractivity contribution < 1.29 is 19.0 Å². The molecule has 0 spiro atoms. The average Bonchev–Trinajstić information content (AvgIpc) is 2.40. The molecule has 0 amide bonds. The highest BCUT2D eigenvalue weighted by molar-refractivity contribution is 6.42. The molecule has 0 bridgehead atoms. The van der Waals surface area contributed by atoms with Crippen molar-refractivity contribution in [1.82, 2.24) is 0 Å². The van der Waals surface area contributed by atoms with Gasteiger partial charge in [-0.25, -0.2) is 9.18 Å². The molecule has 21 heavy (non-hydrogen) atoms. The molecule has 0 aliphatic rings. The number of hydrogen-bond donors (Lipinski definition) is 1. The number of halogens is 3. The van der Waals surface area contributed by atoms with Crippen molar-refractivity contribution in [2.75, 3.05) is 0 Å². The van der Waals surface area contributed by atoms with E-state index in [4.69, 9.17) is 33.0 Å². The highest BCUT2D eigenvalue weighted by Gasteiger charge is 2.05. The second-order valence-corrected chi connectivity index (χ2v) is 4.88. The van der Waals surface area contributed by atoms with Crippen LogP contribution in [0, 0.1) is 5.82 Å². The van der Waals surface area contributed by atoms with Crippen LogP contribution < -0.4 is 4.74 Å². The van der Waals surface area contributed by atoms with Crippen LogP contribution in [-0.2, 0) is 4.79 Å². The maximum Gasteiger partial charge on any atom is 0.328 e. The molecule has 2 rings (SSSR count). The third-order valence-electron chi connectivity index (χ3n) is 2.44. The molecule has 0 aromatic heterocycles. The molecule has 0 radical (unpaired) electrons. The van der Waals surface area contributed by atoms with Gasteiger partial charge in [-0.3, -0.25) is 0 Å². The van der Waals surface area contributed by atoms with E-state index in [9.17, 15) is 9.18 Å². The van der Waals surface area contributed by atoms with E-state index in [2.05, 4.69) is 0 Å². The van der Waals surface area contributed by atoms with Crippen LogP contribution in [0.3, 0.4) is 0 Å². The fraction of sp³-hybridized carbons (Fsp3) is 0. The van der Waals surface area contributed by atoms with Crippen molar-refractivity contribution in [2.45, 2.75) is 0 Å². The van der Waals surface area contributed by atoms with Gasteiger partial charge in [0, 0.05) is 18.2 Å². The maximum atomic E-state index is 13.5. The highest BCUT2D eigenvalue weighted by atomic mass is 35.5. The number of benzene rings is 2. The van der Waals surface area contributed by atoms with Crippen LogP contribution in [0.25, 0.3) is 6.08 Å². The Bertz CT molecular complexity index is 714. The van der Waals surface area contributed by atoms with Crippen molar-refractivity contribution >= 4 is 35.2 Å². The van der Waals surface area contributed by atoms with Crippen LogP contribution in [0.5, 0.6) is 11.5 Å². The zero-order valence-corrected chi connectivity index (χ0v) is 12.0. The zero-order chi connectivity index (χ0) is 15.4. The molecular formula is C15H9Cl2FO3. The second kappa shape index (κ2) is 6.61. The fourth-order valence-corrected chi connectivity index (χ4v) is 1.87. The summed E-state index contributed by atoms with van der Waals surface area (Å²) in [7, 11) is 0. The first kappa shape index (κ1) is 15.4. The first-order valence-corrected chi connectivity index (χ1v) is 6.54. The van der Waals surface area contributed by atoms with Gasteiger partial charge in [-0.15, -0.1) is 0 Å². The Morgan fingerprint density at radius 3 is 2.52 bits per heavy atom. The molecule has 0 atom stereocenters. The van der Waals surface area contributed by atoms with Gasteiger partial charge in [0.1, 0.15) is 17.3 Å². The zero-order valence-electron chi connectivity index (χ0n) is 10.5. The van der Waals surface area contributed by atoms with Crippen molar-refractivity contribution in [3.63, 3.8) is 0 Å². The largest absolute Gasteiger partial charge is 0.478 e. The van der Waals surface area contributed by atoms with Crippen LogP contribution in [-0.4, -0.2) is 11.1 Å². The molecule has 0 fully saturated rings. The van der Waals surface area contributed by atoms with Gasteiger partial charge in [0.05, 0.1) is 10.0 Å². The van der Waals surface area contributed by atoms with E-state index in [1.807, 2.05) is 0 Å². The molecule has 0 aliphatic carbocycles. The lowest BCUT2D eigenvalue weighted by Crippen LogP contribution is -1.89. The molecule has 108 valence electrons. The smallest absolute Gasteiger partial charge is 0.328 e. The van der Waals surface area contributed by atoms with Crippen LogP contribution >= 0.6 is 23.2 Å². The minimum absolute atomic E-state index is 0.221. The van der Waals surface area contributed by atoms with Crippen LogP contribution in [0.2, 0.25) is 10.0 Å². The number of aliphatic carboxylic acids is 1. The minimum atomic E-state index is -1.12. The van der Waals surface area contributed by atoms with Crippen LogP contribution in [0.4, 0.5) is 4.39 Å². The number of hydrogen-bond acceptors (Lipinski definition) is 2. The van der Waals surface area contributed by atoms with Gasteiger partial charge in [0.25, 0.3) is 0 Å². The summed E-state index contributed by atoms with van der Waals surface area (Å²) in [5, 5.41) is 9.27. The van der Waals surface area contributed by atoms with E-state index >= 15 is 0 Å². The van der Waals surface area contributed by atoms with Gasteiger partial charge in [-0.05, 0) is 35.9 Å². The SMILES string of the molecule is O=C(O)/C=C/c1cc(F)cc(Oc2ccc(Cl)c(Cl)c2)c1. The van der Waals surface area contributed by atoms with Crippen LogP contribution in [0.1, 0.15) is 5.56 Å². The lowest BCUT2D eigenvalue weighted by Gasteiger charge is -2.08. The third-order valence-corrected chi connectivity index (χ3v) is 3.18. The first-order chi connectivity index (χ1) is 9.94. The number of carbonyl (C=O) groups is 1. The van der Waals surface area contributed by atoms with E-state index in [-0.39, 0.29) is 5.75 Å². The van der Waals surface area contributed by atoms with Crippen molar-refractivity contribution in [2.24, 2.45) is 0 Å². The van der Waals surface area contributed by atoms with E-state index in [0.29, 0.717) is 21.4 Å². The summed E-state index contributed by atoms with van der Waals surface area (Å²) in [5.74, 6) is -1.05. The standard InChI is InChI=1S/C15H9Cl2FO3/c16-13-3-2-11(8-14(13)17)21-12-6-9(1-4-15(19)20)5-10(18)7-12/h1-8H,(H,19,20)/b4-1+. The van der Waals surface area contributed by atoms with E-state index in [1.54, 1.807) is 12.1 Å². The summed E-state index contributed by atoms with van der Waals surface area (Å²) >= 11 is 11.7. The quantitative estimate of drug-likeness (QED) is 0.802. The Labute approximate surface area is 130 Å². The Kier molecular flexibility index (Phi) is 4.83. The fourth-order valence-electron chi connectivity index (χ4n) is 1.58. The molecule has 3 nitrogen and oxygen atoms in total. The van der Waals surface area contributed by atoms with Crippen LogP contribution in [0.15, 0.2) is 42.5 Å². The normalized spacial score (nSPS) is 10.8. The molecule has 0 heterocycles. The predicted octanol–water partition coefficient (Wildman–Crippen LogP) is 5.02. The Balaban J connectivity index is 2.27. The molecule has 0 saturated heterocycles. The van der Waals surface area contributed by atoms with Crippen molar-refractivity contribution in [3.8, 4) is 11.5 Å². The number of ether oxygens (including phenoxy) is 1. The molecule has 0 aliphatic heterocycles. The van der Waals surface area contributed by atoms with E-state index in [1.165, 1.54) is 30.3 Å². The summed E-state index contributed by atoms with van der Waals surface area (Å²) in [6.07, 6.45) is 2.19. The van der Waals surface area contributed by atoms with Gasteiger partial charge < -0.3 is 9.84 Å². The summed E-state index contributed by atoms with van der Waals surface area (Å²) in [5.41, 5.74) is 0.368. The number of carboxylic acid groups (broad SMARTS) is 1. The summed E-state index contributed by atoms with van der Waals surface area (Å²) in [6.45, 7) is 0. The lowest BCUT2D eigenvalue weighted by atomic mass is 10.2. The van der Waals surface area contributed by atoms with E-state index in [0.717, 1.165) is 6.08 Å². The van der Waals surface area contributed by atoms with Gasteiger partial charge in [-0.2, -0.15) is 0 Å². The number of rotatable bonds is 4. The summed E-state index contributed by atoms with van der Waals surface area (Å²) in [6, 6.07) is 8.53. The molecule has 0 unspecified atom stereocenters. The van der Waals surface area contributed by atoms with Gasteiger partial charge in [0.15, 0.2) is 0 Å². The molecule has 1 N–H and O–H groups in total. The lowest BCUT2D eigenvalue weighted by molar-refractivity contribution is -0.131. The van der Waals surface area contributed by atoms with E-state index < -0.39 is 11.8 Å². The van der Waals surface area contributed by atoms with Crippen molar-refractivity contribution in [1.29, 1.82) is 0 Å². The second-order valence-electron chi connectivity index (χ2n) is 4.07. The minimum Gasteiger partial charge on any atom is -0.478 e.